The lowest BCUT2D eigenvalue weighted by Gasteiger charge is -2.45. The summed E-state index contributed by atoms with van der Waals surface area (Å²) < 4.78 is 15.0. The number of rotatable bonds is 2. The highest BCUT2D eigenvalue weighted by Crippen LogP contribution is 2.51. The second kappa shape index (κ2) is 7.67. The van der Waals surface area contributed by atoms with Crippen molar-refractivity contribution in [3.8, 4) is 28.0 Å². The highest BCUT2D eigenvalue weighted by atomic mass is 32.1. The molecular formula is C26H23FN4OS. The molecule has 3 aromatic rings. The second-order valence-corrected chi connectivity index (χ2v) is 10.3. The molecule has 0 aliphatic heterocycles. The number of carbonyl (C=O) groups is 1. The van der Waals surface area contributed by atoms with Crippen LogP contribution in [0, 0.1) is 42.8 Å². The number of aromatic nitrogens is 3. The number of halogens is 1. The van der Waals surface area contributed by atoms with Gasteiger partial charge in [-0.1, -0.05) is 32.1 Å². The number of nitriles is 1. The topological polar surface area (TPSA) is 79.5 Å². The molecule has 0 spiro atoms. The number of fused-ring (bicyclic) bond motifs is 3. The van der Waals surface area contributed by atoms with E-state index in [0.29, 0.717) is 23.5 Å². The molecule has 5 nitrogen and oxygen atoms in total. The standard InChI is InChI=1S/C26H23FN4OS/c1-13-19-10-9-18-21(17-7-5-6-8-20(17)27)30-25(23-14(2)29-15(3)33-23)31-24(18)26(19,4)11-16(12-28)22(13)32/h5-8,11,13,19H,9-10H2,1-4H3/t13?,19?,26-/m1/s1. The number of allylic oxidation sites excluding steroid dienone is 2. The molecule has 2 heterocycles. The van der Waals surface area contributed by atoms with Gasteiger partial charge in [0, 0.05) is 22.5 Å². The number of ketones is 1. The molecule has 2 aliphatic carbocycles. The molecular weight excluding hydrogens is 435 g/mol. The maximum absolute atomic E-state index is 15.0. The van der Waals surface area contributed by atoms with Gasteiger partial charge in [0.1, 0.15) is 11.9 Å². The van der Waals surface area contributed by atoms with Crippen molar-refractivity contribution in [1.29, 1.82) is 5.26 Å². The lowest BCUT2D eigenvalue weighted by Crippen LogP contribution is -2.46. The first kappa shape index (κ1) is 21.6. The SMILES string of the molecule is Cc1nc(C)c(-c2nc(-c3ccccc3F)c3c(n2)[C@]2(C)C=C(C#N)C(=O)C(C)C2CC3)s1. The second-order valence-electron chi connectivity index (χ2n) is 9.10. The summed E-state index contributed by atoms with van der Waals surface area (Å²) in [5.74, 6) is -0.218. The lowest BCUT2D eigenvalue weighted by molar-refractivity contribution is -0.121. The van der Waals surface area contributed by atoms with Crippen molar-refractivity contribution in [3.05, 3.63) is 63.7 Å². The average molecular weight is 459 g/mol. The first-order chi connectivity index (χ1) is 15.7. The number of thiazole rings is 1. The third kappa shape index (κ3) is 3.24. The number of aryl methyl sites for hydroxylation is 2. The van der Waals surface area contributed by atoms with Crippen LogP contribution >= 0.6 is 11.3 Å². The molecule has 2 aromatic heterocycles. The number of benzene rings is 1. The van der Waals surface area contributed by atoms with E-state index in [9.17, 15) is 14.4 Å². The van der Waals surface area contributed by atoms with E-state index in [1.165, 1.54) is 17.4 Å². The molecule has 0 N–H and O–H groups in total. The van der Waals surface area contributed by atoms with E-state index in [0.717, 1.165) is 33.3 Å². The fourth-order valence-corrected chi connectivity index (χ4v) is 6.34. The zero-order valence-corrected chi connectivity index (χ0v) is 19.8. The Morgan fingerprint density at radius 1 is 1.21 bits per heavy atom. The van der Waals surface area contributed by atoms with Crippen LogP contribution in [-0.4, -0.2) is 20.7 Å². The molecule has 7 heteroatoms. The predicted molar refractivity (Wildman–Crippen MR) is 125 cm³/mol. The van der Waals surface area contributed by atoms with Crippen LogP contribution in [0.4, 0.5) is 4.39 Å². The first-order valence-corrected chi connectivity index (χ1v) is 11.8. The molecule has 33 heavy (non-hydrogen) atoms. The predicted octanol–water partition coefficient (Wildman–Crippen LogP) is 5.51. The van der Waals surface area contributed by atoms with Crippen LogP contribution in [0.3, 0.4) is 0 Å². The van der Waals surface area contributed by atoms with Gasteiger partial charge in [-0.2, -0.15) is 5.26 Å². The number of nitrogens with zero attached hydrogens (tertiary/aromatic N) is 4. The zero-order chi connectivity index (χ0) is 23.5. The van der Waals surface area contributed by atoms with E-state index in [4.69, 9.17) is 9.97 Å². The molecule has 0 radical (unpaired) electrons. The summed E-state index contributed by atoms with van der Waals surface area (Å²) in [6, 6.07) is 8.73. The van der Waals surface area contributed by atoms with Gasteiger partial charge in [0.05, 0.1) is 32.5 Å². The number of Topliss-reactive ketones (excluding diaryl/α,β-unsaturated/α-hetero) is 1. The van der Waals surface area contributed by atoms with Gasteiger partial charge in [0.15, 0.2) is 11.6 Å². The highest BCUT2D eigenvalue weighted by Gasteiger charge is 2.49. The number of hydrogen-bond acceptors (Lipinski definition) is 6. The number of hydrogen-bond donors (Lipinski definition) is 0. The fourth-order valence-electron chi connectivity index (χ4n) is 5.49. The smallest absolute Gasteiger partial charge is 0.176 e. The maximum atomic E-state index is 15.0. The minimum Gasteiger partial charge on any atom is -0.293 e. The van der Waals surface area contributed by atoms with Crippen LogP contribution in [0.5, 0.6) is 0 Å². The van der Waals surface area contributed by atoms with Crippen LogP contribution in [0.15, 0.2) is 35.9 Å². The van der Waals surface area contributed by atoms with Crippen molar-refractivity contribution in [2.75, 3.05) is 0 Å². The fraction of sp³-hybridized carbons (Fsp3) is 0.346. The first-order valence-electron chi connectivity index (χ1n) is 11.0. The van der Waals surface area contributed by atoms with Crippen LogP contribution in [0.2, 0.25) is 0 Å². The summed E-state index contributed by atoms with van der Waals surface area (Å²) in [5.41, 5.74) is 3.05. The van der Waals surface area contributed by atoms with Gasteiger partial charge >= 0.3 is 0 Å². The molecule has 0 bridgehead atoms. The van der Waals surface area contributed by atoms with E-state index in [2.05, 4.69) is 11.1 Å². The minimum atomic E-state index is -0.628. The summed E-state index contributed by atoms with van der Waals surface area (Å²) in [7, 11) is 0. The quantitative estimate of drug-likeness (QED) is 0.506. The van der Waals surface area contributed by atoms with Crippen molar-refractivity contribution in [2.45, 2.75) is 46.0 Å². The van der Waals surface area contributed by atoms with Gasteiger partial charge in [-0.25, -0.2) is 19.3 Å². The Bertz CT molecular complexity index is 1390. The Kier molecular flexibility index (Phi) is 5.02. The summed E-state index contributed by atoms with van der Waals surface area (Å²) in [4.78, 5) is 28.0. The molecule has 1 aromatic carbocycles. The lowest BCUT2D eigenvalue weighted by atomic mass is 9.57. The summed E-state index contributed by atoms with van der Waals surface area (Å²) >= 11 is 1.51. The van der Waals surface area contributed by atoms with Crippen LogP contribution in [-0.2, 0) is 16.6 Å². The van der Waals surface area contributed by atoms with Gasteiger partial charge in [-0.05, 0) is 44.7 Å². The molecule has 0 amide bonds. The molecule has 3 atom stereocenters. The van der Waals surface area contributed by atoms with E-state index >= 15 is 0 Å². The summed E-state index contributed by atoms with van der Waals surface area (Å²) in [6.45, 7) is 7.80. The molecule has 0 saturated carbocycles. The Morgan fingerprint density at radius 3 is 2.64 bits per heavy atom. The Balaban J connectivity index is 1.85. The number of carbonyl (C=O) groups excluding carboxylic acids is 1. The maximum Gasteiger partial charge on any atom is 0.176 e. The Morgan fingerprint density at radius 2 is 1.97 bits per heavy atom. The largest absolute Gasteiger partial charge is 0.293 e. The van der Waals surface area contributed by atoms with Crippen molar-refractivity contribution < 1.29 is 9.18 Å². The zero-order valence-electron chi connectivity index (χ0n) is 18.9. The van der Waals surface area contributed by atoms with Gasteiger partial charge in [0.25, 0.3) is 0 Å². The van der Waals surface area contributed by atoms with E-state index in [-0.39, 0.29) is 29.0 Å². The molecule has 166 valence electrons. The third-order valence-corrected chi connectivity index (χ3v) is 8.14. The van der Waals surface area contributed by atoms with Crippen molar-refractivity contribution in [2.24, 2.45) is 11.8 Å². The average Bonchev–Trinajstić information content (AvgIpc) is 3.14. The summed E-state index contributed by atoms with van der Waals surface area (Å²) in [6.07, 6.45) is 3.17. The molecule has 2 aliphatic rings. The Hall–Kier alpha value is -3.24. The van der Waals surface area contributed by atoms with Gasteiger partial charge in [-0.15, -0.1) is 11.3 Å². The van der Waals surface area contributed by atoms with Crippen LogP contribution in [0.25, 0.3) is 22.0 Å². The van der Waals surface area contributed by atoms with E-state index < -0.39 is 5.41 Å². The normalized spacial score (nSPS) is 24.0. The molecule has 2 unspecified atom stereocenters. The monoisotopic (exact) mass is 458 g/mol. The minimum absolute atomic E-state index is 0.00936. The van der Waals surface area contributed by atoms with Crippen LogP contribution < -0.4 is 0 Å². The van der Waals surface area contributed by atoms with E-state index in [1.807, 2.05) is 27.7 Å². The van der Waals surface area contributed by atoms with Gasteiger partial charge < -0.3 is 0 Å². The van der Waals surface area contributed by atoms with Gasteiger partial charge in [0.2, 0.25) is 0 Å². The van der Waals surface area contributed by atoms with Crippen molar-refractivity contribution >= 4 is 17.1 Å². The molecule has 0 saturated heterocycles. The van der Waals surface area contributed by atoms with Gasteiger partial charge in [-0.3, -0.25) is 4.79 Å². The summed E-state index contributed by atoms with van der Waals surface area (Å²) in [5, 5.41) is 10.6. The van der Waals surface area contributed by atoms with Crippen molar-refractivity contribution in [3.63, 3.8) is 0 Å². The molecule has 5 rings (SSSR count). The third-order valence-electron chi connectivity index (χ3n) is 7.08. The Labute approximate surface area is 196 Å². The van der Waals surface area contributed by atoms with Crippen LogP contribution in [0.1, 0.15) is 42.2 Å². The molecule has 0 fully saturated rings. The highest BCUT2D eigenvalue weighted by molar-refractivity contribution is 7.15. The van der Waals surface area contributed by atoms with Crippen molar-refractivity contribution in [1.82, 2.24) is 15.0 Å². The van der Waals surface area contributed by atoms with E-state index in [1.54, 1.807) is 24.3 Å².